The summed E-state index contributed by atoms with van der Waals surface area (Å²) in [4.78, 5) is 23.5. The first-order valence-electron chi connectivity index (χ1n) is 4.73. The zero-order chi connectivity index (χ0) is 12.8. The molecule has 0 saturated carbocycles. The Balaban J connectivity index is 2.83. The number of alkyl halides is 3. The molecule has 0 unspecified atom stereocenters. The van der Waals surface area contributed by atoms with Gasteiger partial charge in [-0.25, -0.2) is 13.9 Å². The summed E-state index contributed by atoms with van der Waals surface area (Å²) in [5, 5.41) is 5.96. The van der Waals surface area contributed by atoms with E-state index in [1.807, 2.05) is 0 Å². The van der Waals surface area contributed by atoms with Gasteiger partial charge in [0, 0.05) is 17.9 Å². The lowest BCUT2D eigenvalue weighted by molar-refractivity contribution is 0.0566. The lowest BCUT2D eigenvalue weighted by atomic mass is 10.3. The molecule has 5 nitrogen and oxygen atoms in total. The Morgan fingerprint density at radius 2 is 2.24 bits per heavy atom. The van der Waals surface area contributed by atoms with Gasteiger partial charge in [-0.15, -0.1) is 0 Å². The molecule has 0 fully saturated rings. The van der Waals surface area contributed by atoms with E-state index in [1.165, 1.54) is 6.07 Å². The topological polar surface area (TPSA) is 66.1 Å². The summed E-state index contributed by atoms with van der Waals surface area (Å²) >= 11 is 3.08. The highest BCUT2D eigenvalue weighted by Crippen LogP contribution is 2.04. The Labute approximate surface area is 104 Å². The Bertz CT molecular complexity index is 418. The van der Waals surface area contributed by atoms with Gasteiger partial charge in [0.1, 0.15) is 5.69 Å². The van der Waals surface area contributed by atoms with Crippen molar-refractivity contribution in [3.8, 4) is 0 Å². The van der Waals surface area contributed by atoms with E-state index >= 15 is 0 Å². The van der Waals surface area contributed by atoms with E-state index in [4.69, 9.17) is 0 Å². The number of aromatic nitrogens is 2. The van der Waals surface area contributed by atoms with Crippen LogP contribution in [-0.2, 0) is 0 Å². The molecule has 1 rings (SSSR count). The van der Waals surface area contributed by atoms with Gasteiger partial charge in [0.2, 0.25) is 0 Å². The van der Waals surface area contributed by atoms with E-state index in [2.05, 4.69) is 26.1 Å². The maximum Gasteiger partial charge on any atom is 0.274 e. The van der Waals surface area contributed by atoms with E-state index < -0.39 is 24.4 Å². The summed E-state index contributed by atoms with van der Waals surface area (Å²) in [6, 6.07) is 2.32. The second-order valence-corrected chi connectivity index (χ2v) is 3.93. The Morgan fingerprint density at radius 3 is 2.71 bits per heavy atom. The SMILES string of the molecule is O=C(c1ccc(=O)[nH]n1)N(CCBr)CC(F)F. The average Bonchev–Trinajstić information content (AvgIpc) is 2.28. The Hall–Kier alpha value is -1.31. The Kier molecular flexibility index (Phi) is 5.20. The first-order chi connectivity index (χ1) is 8.04. The largest absolute Gasteiger partial charge is 0.331 e. The van der Waals surface area contributed by atoms with Crippen LogP contribution in [0.3, 0.4) is 0 Å². The van der Waals surface area contributed by atoms with Crippen LogP contribution in [0.15, 0.2) is 16.9 Å². The fourth-order valence-electron chi connectivity index (χ4n) is 1.17. The van der Waals surface area contributed by atoms with E-state index in [0.29, 0.717) is 5.33 Å². The van der Waals surface area contributed by atoms with Crippen molar-refractivity contribution in [1.29, 1.82) is 0 Å². The number of hydrogen-bond acceptors (Lipinski definition) is 3. The van der Waals surface area contributed by atoms with Crippen molar-refractivity contribution < 1.29 is 13.6 Å². The molecule has 1 amide bonds. The summed E-state index contributed by atoms with van der Waals surface area (Å²) in [5.41, 5.74) is -0.520. The van der Waals surface area contributed by atoms with Gasteiger partial charge in [-0.1, -0.05) is 15.9 Å². The number of carbonyl (C=O) groups excluding carboxylic acids is 1. The van der Waals surface area contributed by atoms with Crippen molar-refractivity contribution in [2.45, 2.75) is 6.43 Å². The highest BCUT2D eigenvalue weighted by Gasteiger charge is 2.20. The van der Waals surface area contributed by atoms with Crippen molar-refractivity contribution in [3.63, 3.8) is 0 Å². The fraction of sp³-hybridized carbons (Fsp3) is 0.444. The molecule has 94 valence electrons. The zero-order valence-corrected chi connectivity index (χ0v) is 10.3. The molecule has 1 aromatic rings. The van der Waals surface area contributed by atoms with Crippen molar-refractivity contribution in [1.82, 2.24) is 15.1 Å². The van der Waals surface area contributed by atoms with Gasteiger partial charge in [0.25, 0.3) is 17.9 Å². The number of rotatable bonds is 5. The summed E-state index contributed by atoms with van der Waals surface area (Å²) in [6.07, 6.45) is -2.61. The first-order valence-corrected chi connectivity index (χ1v) is 5.86. The molecular weight excluding hydrogens is 300 g/mol. The standard InChI is InChI=1S/C9H10BrF2N3O2/c10-3-4-15(5-7(11)12)9(17)6-1-2-8(16)14-13-6/h1-2,7H,3-5H2,(H,14,16). The molecule has 0 spiro atoms. The maximum absolute atomic E-state index is 12.3. The van der Waals surface area contributed by atoms with E-state index in [-0.39, 0.29) is 12.2 Å². The second-order valence-electron chi connectivity index (χ2n) is 3.14. The number of nitrogens with zero attached hydrogens (tertiary/aromatic N) is 2. The number of halogens is 3. The molecular formula is C9H10BrF2N3O2. The second kappa shape index (κ2) is 6.43. The smallest absolute Gasteiger partial charge is 0.274 e. The van der Waals surface area contributed by atoms with E-state index in [9.17, 15) is 18.4 Å². The van der Waals surface area contributed by atoms with Crippen LogP contribution in [-0.4, -0.2) is 45.8 Å². The number of amides is 1. The number of aromatic amines is 1. The number of nitrogens with one attached hydrogen (secondary N) is 1. The van der Waals surface area contributed by atoms with Crippen molar-refractivity contribution in [3.05, 3.63) is 28.2 Å². The number of carbonyl (C=O) groups is 1. The summed E-state index contributed by atoms with van der Waals surface area (Å²) < 4.78 is 24.5. The lowest BCUT2D eigenvalue weighted by Crippen LogP contribution is -2.37. The van der Waals surface area contributed by atoms with Crippen LogP contribution in [0, 0.1) is 0 Å². The van der Waals surface area contributed by atoms with Gasteiger partial charge >= 0.3 is 0 Å². The molecule has 1 heterocycles. The average molecular weight is 310 g/mol. The molecule has 17 heavy (non-hydrogen) atoms. The minimum atomic E-state index is -2.61. The highest BCUT2D eigenvalue weighted by molar-refractivity contribution is 9.09. The molecule has 0 aliphatic carbocycles. The monoisotopic (exact) mass is 309 g/mol. The third-order valence-electron chi connectivity index (χ3n) is 1.90. The van der Waals surface area contributed by atoms with E-state index in [0.717, 1.165) is 11.0 Å². The molecule has 0 aliphatic heterocycles. The van der Waals surface area contributed by atoms with Crippen LogP contribution >= 0.6 is 15.9 Å². The minimum Gasteiger partial charge on any atom is -0.331 e. The molecule has 0 atom stereocenters. The molecule has 0 radical (unpaired) electrons. The van der Waals surface area contributed by atoms with Gasteiger partial charge < -0.3 is 4.90 Å². The Morgan fingerprint density at radius 1 is 1.53 bits per heavy atom. The molecule has 0 aliphatic rings. The number of H-pyrrole nitrogens is 1. The summed E-state index contributed by atoms with van der Waals surface area (Å²) in [7, 11) is 0. The van der Waals surface area contributed by atoms with Crippen molar-refractivity contribution in [2.24, 2.45) is 0 Å². The quantitative estimate of drug-likeness (QED) is 0.821. The predicted octanol–water partition coefficient (Wildman–Crippen LogP) is 0.872. The fourth-order valence-corrected chi connectivity index (χ4v) is 1.60. The highest BCUT2D eigenvalue weighted by atomic mass is 79.9. The van der Waals surface area contributed by atoms with Crippen LogP contribution in [0.4, 0.5) is 8.78 Å². The molecule has 1 N–H and O–H groups in total. The number of hydrogen-bond donors (Lipinski definition) is 1. The molecule has 0 bridgehead atoms. The van der Waals surface area contributed by atoms with Crippen LogP contribution in [0.1, 0.15) is 10.5 Å². The van der Waals surface area contributed by atoms with Gasteiger partial charge in [-0.3, -0.25) is 9.59 Å². The predicted molar refractivity (Wildman–Crippen MR) is 60.6 cm³/mol. The molecule has 0 aromatic carbocycles. The summed E-state index contributed by atoms with van der Waals surface area (Å²) in [5.74, 6) is -0.638. The minimum absolute atomic E-state index is 0.0637. The first kappa shape index (κ1) is 13.8. The van der Waals surface area contributed by atoms with Gasteiger partial charge in [-0.05, 0) is 6.07 Å². The van der Waals surface area contributed by atoms with Crippen LogP contribution in [0.2, 0.25) is 0 Å². The normalized spacial score (nSPS) is 10.6. The van der Waals surface area contributed by atoms with Crippen LogP contribution in [0.5, 0.6) is 0 Å². The molecule has 8 heteroatoms. The van der Waals surface area contributed by atoms with Gasteiger partial charge in [0.05, 0.1) is 6.54 Å². The third kappa shape index (κ3) is 4.22. The van der Waals surface area contributed by atoms with Crippen molar-refractivity contribution in [2.75, 3.05) is 18.4 Å². The van der Waals surface area contributed by atoms with E-state index in [1.54, 1.807) is 0 Å². The zero-order valence-electron chi connectivity index (χ0n) is 8.70. The molecule has 0 saturated heterocycles. The van der Waals surface area contributed by atoms with Crippen molar-refractivity contribution >= 4 is 21.8 Å². The van der Waals surface area contributed by atoms with Gasteiger partial charge in [-0.2, -0.15) is 5.10 Å². The maximum atomic E-state index is 12.3. The lowest BCUT2D eigenvalue weighted by Gasteiger charge is -2.20. The summed E-state index contributed by atoms with van der Waals surface area (Å²) in [6.45, 7) is -0.519. The molecule has 1 aromatic heterocycles. The third-order valence-corrected chi connectivity index (χ3v) is 2.25. The van der Waals surface area contributed by atoms with Crippen LogP contribution in [0.25, 0.3) is 0 Å². The van der Waals surface area contributed by atoms with Crippen LogP contribution < -0.4 is 5.56 Å². The van der Waals surface area contributed by atoms with Gasteiger partial charge in [0.15, 0.2) is 0 Å².